The van der Waals surface area contributed by atoms with Gasteiger partial charge in [-0.15, -0.1) is 0 Å². The Hall–Kier alpha value is -1.81. The Kier molecular flexibility index (Phi) is 2.23. The van der Waals surface area contributed by atoms with Crippen molar-refractivity contribution in [2.45, 2.75) is 18.4 Å². The van der Waals surface area contributed by atoms with Gasteiger partial charge < -0.3 is 16.4 Å². The van der Waals surface area contributed by atoms with Crippen molar-refractivity contribution in [3.8, 4) is 0 Å². The van der Waals surface area contributed by atoms with Crippen LogP contribution < -0.4 is 16.4 Å². The lowest BCUT2D eigenvalue weighted by Gasteiger charge is -2.38. The third-order valence-corrected chi connectivity index (χ3v) is 4.58. The first-order valence-electron chi connectivity index (χ1n) is 6.88. The van der Waals surface area contributed by atoms with E-state index in [2.05, 4.69) is 21.7 Å². The lowest BCUT2D eigenvalue weighted by Crippen LogP contribution is -2.49. The molecule has 1 aromatic heterocycles. The lowest BCUT2D eigenvalue weighted by molar-refractivity contribution is 0.241. The number of aromatic nitrogens is 1. The predicted octanol–water partition coefficient (Wildman–Crippen LogP) is 1.98. The van der Waals surface area contributed by atoms with Crippen LogP contribution in [0.15, 0.2) is 30.5 Å². The molecule has 3 aliphatic rings. The van der Waals surface area contributed by atoms with Crippen LogP contribution in [-0.2, 0) is 0 Å². The fourth-order valence-electron chi connectivity index (χ4n) is 3.55. The standard InChI is InChI=1S/C15H18N4/c16-14-12-2-1-3-13(11(12)4-5-17-14)18-9-15-6-10(7-15)8-19-15/h1-5,10,18-19H,6-9H2,(H2,16,17). The van der Waals surface area contributed by atoms with Gasteiger partial charge in [-0.2, -0.15) is 0 Å². The van der Waals surface area contributed by atoms with Gasteiger partial charge in [0, 0.05) is 34.7 Å². The Morgan fingerprint density at radius 2 is 2.21 bits per heavy atom. The monoisotopic (exact) mass is 254 g/mol. The molecule has 1 aliphatic carbocycles. The Labute approximate surface area is 112 Å². The fourth-order valence-corrected chi connectivity index (χ4v) is 3.55. The molecule has 98 valence electrons. The summed E-state index contributed by atoms with van der Waals surface area (Å²) in [5, 5.41) is 9.40. The van der Waals surface area contributed by atoms with Crippen molar-refractivity contribution in [3.63, 3.8) is 0 Å². The van der Waals surface area contributed by atoms with Crippen molar-refractivity contribution >= 4 is 22.3 Å². The molecular weight excluding hydrogens is 236 g/mol. The van der Waals surface area contributed by atoms with E-state index in [4.69, 9.17) is 5.73 Å². The van der Waals surface area contributed by atoms with Crippen LogP contribution in [0.3, 0.4) is 0 Å². The topological polar surface area (TPSA) is 63.0 Å². The van der Waals surface area contributed by atoms with Crippen LogP contribution in [0.5, 0.6) is 0 Å². The maximum Gasteiger partial charge on any atom is 0.131 e. The largest absolute Gasteiger partial charge is 0.383 e. The average molecular weight is 254 g/mol. The van der Waals surface area contributed by atoms with E-state index in [-0.39, 0.29) is 0 Å². The maximum absolute atomic E-state index is 5.93. The van der Waals surface area contributed by atoms with Crippen LogP contribution in [0.4, 0.5) is 11.5 Å². The molecular formula is C15H18N4. The van der Waals surface area contributed by atoms with E-state index in [1.807, 2.05) is 18.2 Å². The van der Waals surface area contributed by atoms with Gasteiger partial charge in [0.2, 0.25) is 0 Å². The first-order chi connectivity index (χ1) is 9.26. The first-order valence-corrected chi connectivity index (χ1v) is 6.88. The number of nitrogens with one attached hydrogen (secondary N) is 2. The van der Waals surface area contributed by atoms with Crippen molar-refractivity contribution < 1.29 is 0 Å². The minimum Gasteiger partial charge on any atom is -0.383 e. The van der Waals surface area contributed by atoms with E-state index >= 15 is 0 Å². The fraction of sp³-hybridized carbons (Fsp3) is 0.400. The molecule has 19 heavy (non-hydrogen) atoms. The number of hydrogen-bond acceptors (Lipinski definition) is 4. The zero-order chi connectivity index (χ0) is 12.9. The summed E-state index contributed by atoms with van der Waals surface area (Å²) in [7, 11) is 0. The van der Waals surface area contributed by atoms with Gasteiger partial charge in [-0.1, -0.05) is 12.1 Å². The number of pyridine rings is 1. The Bertz CT molecular complexity index is 626. The van der Waals surface area contributed by atoms with E-state index in [1.165, 1.54) is 19.4 Å². The highest BCUT2D eigenvalue weighted by Crippen LogP contribution is 2.43. The number of nitrogen functional groups attached to an aromatic ring is 1. The van der Waals surface area contributed by atoms with E-state index in [9.17, 15) is 0 Å². The summed E-state index contributed by atoms with van der Waals surface area (Å²) in [5.74, 6) is 1.51. The van der Waals surface area contributed by atoms with Crippen LogP contribution in [-0.4, -0.2) is 23.6 Å². The number of hydrogen-bond donors (Lipinski definition) is 3. The highest BCUT2D eigenvalue weighted by molar-refractivity contribution is 5.99. The quantitative estimate of drug-likeness (QED) is 0.783. The summed E-state index contributed by atoms with van der Waals surface area (Å²) >= 11 is 0. The first kappa shape index (κ1) is 11.1. The molecule has 2 saturated heterocycles. The molecule has 5 rings (SSSR count). The van der Waals surface area contributed by atoms with Gasteiger partial charge in [0.15, 0.2) is 0 Å². The van der Waals surface area contributed by atoms with Crippen LogP contribution in [0.1, 0.15) is 12.8 Å². The molecule has 2 aromatic rings. The normalized spacial score (nSPS) is 28.3. The zero-order valence-electron chi connectivity index (χ0n) is 10.8. The summed E-state index contributed by atoms with van der Waals surface area (Å²) in [5.41, 5.74) is 7.42. The van der Waals surface area contributed by atoms with Gasteiger partial charge in [-0.25, -0.2) is 4.98 Å². The molecule has 0 unspecified atom stereocenters. The van der Waals surface area contributed by atoms with E-state index in [0.717, 1.165) is 28.9 Å². The Morgan fingerprint density at radius 1 is 1.32 bits per heavy atom. The average Bonchev–Trinajstić information content (AvgIpc) is 2.97. The van der Waals surface area contributed by atoms with Crippen LogP contribution in [0.2, 0.25) is 0 Å². The second-order valence-corrected chi connectivity index (χ2v) is 5.89. The van der Waals surface area contributed by atoms with Gasteiger partial charge in [-0.05, 0) is 37.4 Å². The number of nitrogens with zero attached hydrogens (tertiary/aromatic N) is 1. The molecule has 0 spiro atoms. The van der Waals surface area contributed by atoms with Crippen molar-refractivity contribution in [1.82, 2.24) is 10.3 Å². The van der Waals surface area contributed by atoms with Gasteiger partial charge in [0.05, 0.1) is 0 Å². The molecule has 1 aromatic carbocycles. The summed E-state index contributed by atoms with van der Waals surface area (Å²) in [6, 6.07) is 8.20. The van der Waals surface area contributed by atoms with Crippen LogP contribution in [0.25, 0.3) is 10.8 Å². The van der Waals surface area contributed by atoms with Gasteiger partial charge in [0.25, 0.3) is 0 Å². The molecule has 2 bridgehead atoms. The Morgan fingerprint density at radius 3 is 3.00 bits per heavy atom. The van der Waals surface area contributed by atoms with Gasteiger partial charge in [-0.3, -0.25) is 0 Å². The summed E-state index contributed by atoms with van der Waals surface area (Å²) in [4.78, 5) is 4.15. The summed E-state index contributed by atoms with van der Waals surface area (Å²) < 4.78 is 0. The third kappa shape index (κ3) is 1.67. The third-order valence-electron chi connectivity index (χ3n) is 4.58. The molecule has 2 aliphatic heterocycles. The SMILES string of the molecule is Nc1nccc2c(NCC34CC(CN3)C4)cccc12. The molecule has 0 atom stereocenters. The minimum absolute atomic E-state index is 0.339. The highest BCUT2D eigenvalue weighted by atomic mass is 15.1. The second-order valence-electron chi connectivity index (χ2n) is 5.89. The van der Waals surface area contributed by atoms with E-state index in [1.54, 1.807) is 6.20 Å². The number of fused-ring (bicyclic) bond motifs is 2. The maximum atomic E-state index is 5.93. The summed E-state index contributed by atoms with van der Waals surface area (Å²) in [6.07, 6.45) is 4.40. The number of anilines is 2. The summed E-state index contributed by atoms with van der Waals surface area (Å²) in [6.45, 7) is 2.18. The molecule has 0 radical (unpaired) electrons. The van der Waals surface area contributed by atoms with Crippen LogP contribution >= 0.6 is 0 Å². The molecule has 3 fully saturated rings. The van der Waals surface area contributed by atoms with Crippen LogP contribution in [0, 0.1) is 5.92 Å². The molecule has 3 heterocycles. The van der Waals surface area contributed by atoms with Crippen molar-refractivity contribution in [2.24, 2.45) is 5.92 Å². The number of rotatable bonds is 3. The Balaban J connectivity index is 1.62. The molecule has 4 heteroatoms. The van der Waals surface area contributed by atoms with E-state index in [0.29, 0.717) is 11.4 Å². The molecule has 4 N–H and O–H groups in total. The minimum atomic E-state index is 0.339. The second kappa shape index (κ2) is 3.84. The van der Waals surface area contributed by atoms with E-state index < -0.39 is 0 Å². The van der Waals surface area contributed by atoms with Gasteiger partial charge in [0.1, 0.15) is 5.82 Å². The van der Waals surface area contributed by atoms with Crippen molar-refractivity contribution in [1.29, 1.82) is 0 Å². The molecule has 0 amide bonds. The smallest absolute Gasteiger partial charge is 0.131 e. The number of benzene rings is 1. The zero-order valence-corrected chi connectivity index (χ0v) is 10.8. The molecule has 4 nitrogen and oxygen atoms in total. The highest BCUT2D eigenvalue weighted by Gasteiger charge is 2.49. The van der Waals surface area contributed by atoms with Crippen molar-refractivity contribution in [2.75, 3.05) is 24.1 Å². The molecule has 1 saturated carbocycles. The predicted molar refractivity (Wildman–Crippen MR) is 78.1 cm³/mol. The number of nitrogens with two attached hydrogens (primary N) is 1. The van der Waals surface area contributed by atoms with Crippen molar-refractivity contribution in [3.05, 3.63) is 30.5 Å². The van der Waals surface area contributed by atoms with Gasteiger partial charge >= 0.3 is 0 Å². The lowest BCUT2D eigenvalue weighted by atomic mass is 9.73.